The molecular weight excluding hydrogens is 325 g/mol. The lowest BCUT2D eigenvalue weighted by atomic mass is 10.1. The van der Waals surface area contributed by atoms with Crippen LogP contribution in [0, 0.1) is 5.82 Å². The first-order chi connectivity index (χ1) is 12.1. The predicted molar refractivity (Wildman–Crippen MR) is 88.2 cm³/mol. The molecule has 1 aliphatic heterocycles. The lowest BCUT2D eigenvalue weighted by molar-refractivity contribution is -0.0447. The van der Waals surface area contributed by atoms with Crippen LogP contribution in [0.15, 0.2) is 41.2 Å². The zero-order valence-corrected chi connectivity index (χ0v) is 13.6. The van der Waals surface area contributed by atoms with Crippen molar-refractivity contribution in [3.8, 4) is 5.69 Å². The monoisotopic (exact) mass is 343 g/mol. The summed E-state index contributed by atoms with van der Waals surface area (Å²) in [5.74, 6) is -0.597. The van der Waals surface area contributed by atoms with Crippen molar-refractivity contribution in [2.45, 2.75) is 31.4 Å². The van der Waals surface area contributed by atoms with Crippen molar-refractivity contribution in [1.82, 2.24) is 14.7 Å². The maximum Gasteiger partial charge on any atom is 0.274 e. The molecule has 4 rings (SSSR count). The number of aromatic nitrogens is 2. The summed E-state index contributed by atoms with van der Waals surface area (Å²) in [7, 11) is 0. The highest BCUT2D eigenvalue weighted by Crippen LogP contribution is 2.30. The Kier molecular flexibility index (Phi) is 4.09. The third-order valence-corrected chi connectivity index (χ3v) is 4.83. The lowest BCUT2D eigenvalue weighted by Gasteiger charge is -2.37. The van der Waals surface area contributed by atoms with Gasteiger partial charge in [-0.2, -0.15) is 9.78 Å². The number of hydrogen-bond acceptors (Lipinski definition) is 4. The Hall–Kier alpha value is -2.54. The number of fused-ring (bicyclic) bond motifs is 1. The van der Waals surface area contributed by atoms with Gasteiger partial charge in [0.25, 0.3) is 11.5 Å². The zero-order valence-electron chi connectivity index (χ0n) is 13.6. The van der Waals surface area contributed by atoms with Crippen LogP contribution in [0.4, 0.5) is 4.39 Å². The molecule has 1 saturated heterocycles. The number of hydrogen-bond donors (Lipinski definition) is 0. The third-order valence-electron chi connectivity index (χ3n) is 4.83. The van der Waals surface area contributed by atoms with Crippen LogP contribution in [0.3, 0.4) is 0 Å². The first kappa shape index (κ1) is 16.0. The van der Waals surface area contributed by atoms with Crippen molar-refractivity contribution in [3.63, 3.8) is 0 Å². The zero-order chi connectivity index (χ0) is 17.4. The highest BCUT2D eigenvalue weighted by Gasteiger charge is 2.39. The van der Waals surface area contributed by atoms with Gasteiger partial charge in [0.1, 0.15) is 11.5 Å². The number of morpholine rings is 1. The smallest absolute Gasteiger partial charge is 0.274 e. The fourth-order valence-corrected chi connectivity index (χ4v) is 3.62. The van der Waals surface area contributed by atoms with Gasteiger partial charge in [-0.3, -0.25) is 9.59 Å². The van der Waals surface area contributed by atoms with Gasteiger partial charge in [-0.1, -0.05) is 0 Å². The molecular formula is C18H18FN3O3. The molecule has 2 aromatic rings. The van der Waals surface area contributed by atoms with Crippen molar-refractivity contribution in [3.05, 3.63) is 58.3 Å². The second-order valence-electron chi connectivity index (χ2n) is 6.35. The normalized spacial score (nSPS) is 22.7. The van der Waals surface area contributed by atoms with E-state index in [4.69, 9.17) is 4.74 Å². The van der Waals surface area contributed by atoms with Crippen molar-refractivity contribution >= 4 is 5.91 Å². The largest absolute Gasteiger partial charge is 0.374 e. The summed E-state index contributed by atoms with van der Waals surface area (Å²) in [6.45, 7) is 1.04. The summed E-state index contributed by atoms with van der Waals surface area (Å²) < 4.78 is 20.0. The topological polar surface area (TPSA) is 64.4 Å². The van der Waals surface area contributed by atoms with E-state index in [9.17, 15) is 14.0 Å². The van der Waals surface area contributed by atoms with E-state index in [0.29, 0.717) is 18.8 Å². The molecule has 1 aromatic carbocycles. The standard InChI is InChI=1S/C18H18FN3O3/c19-12-4-6-13(7-5-12)22-17(23)9-8-14(20-22)18(24)21-10-11-25-16-3-1-2-15(16)21/h4-9,15-16H,1-3,10-11H2. The van der Waals surface area contributed by atoms with Crippen LogP contribution < -0.4 is 5.56 Å². The van der Waals surface area contributed by atoms with Crippen molar-refractivity contribution < 1.29 is 13.9 Å². The van der Waals surface area contributed by atoms with Gasteiger partial charge in [0, 0.05) is 12.6 Å². The predicted octanol–water partition coefficient (Wildman–Crippen LogP) is 1.77. The number of benzene rings is 1. The molecule has 1 aliphatic carbocycles. The minimum Gasteiger partial charge on any atom is -0.374 e. The van der Waals surface area contributed by atoms with E-state index in [0.717, 1.165) is 23.9 Å². The SMILES string of the molecule is O=C(c1ccc(=O)n(-c2ccc(F)cc2)n1)N1CCOC2CCCC21. The fourth-order valence-electron chi connectivity index (χ4n) is 3.62. The second kappa shape index (κ2) is 6.40. The summed E-state index contributed by atoms with van der Waals surface area (Å²) >= 11 is 0. The molecule has 2 unspecified atom stereocenters. The van der Waals surface area contributed by atoms with Crippen LogP contribution in [0.2, 0.25) is 0 Å². The summed E-state index contributed by atoms with van der Waals surface area (Å²) in [4.78, 5) is 26.8. The minimum absolute atomic E-state index is 0.0780. The van der Waals surface area contributed by atoms with Gasteiger partial charge in [0.2, 0.25) is 0 Å². The number of carbonyl (C=O) groups is 1. The number of ether oxygens (including phenoxy) is 1. The van der Waals surface area contributed by atoms with Gasteiger partial charge in [0.15, 0.2) is 0 Å². The third kappa shape index (κ3) is 2.95. The average molecular weight is 343 g/mol. The maximum absolute atomic E-state index is 13.1. The highest BCUT2D eigenvalue weighted by atomic mass is 19.1. The van der Waals surface area contributed by atoms with Crippen molar-refractivity contribution in [2.75, 3.05) is 13.2 Å². The lowest BCUT2D eigenvalue weighted by Crippen LogP contribution is -2.51. The molecule has 0 radical (unpaired) electrons. The number of rotatable bonds is 2. The number of nitrogens with zero attached hydrogens (tertiary/aromatic N) is 3. The molecule has 25 heavy (non-hydrogen) atoms. The number of carbonyl (C=O) groups excluding carboxylic acids is 1. The van der Waals surface area contributed by atoms with Gasteiger partial charge in [-0.15, -0.1) is 0 Å². The van der Waals surface area contributed by atoms with Crippen LogP contribution in [-0.4, -0.2) is 45.9 Å². The number of halogens is 1. The molecule has 2 atom stereocenters. The summed E-state index contributed by atoms with van der Waals surface area (Å²) in [5.41, 5.74) is 0.252. The molecule has 1 amide bonds. The van der Waals surface area contributed by atoms with E-state index in [1.54, 1.807) is 0 Å². The molecule has 0 bridgehead atoms. The van der Waals surface area contributed by atoms with Crippen molar-refractivity contribution in [2.24, 2.45) is 0 Å². The molecule has 1 aromatic heterocycles. The molecule has 130 valence electrons. The Morgan fingerprint density at radius 3 is 2.76 bits per heavy atom. The van der Waals surface area contributed by atoms with Gasteiger partial charge >= 0.3 is 0 Å². The van der Waals surface area contributed by atoms with E-state index >= 15 is 0 Å². The fraction of sp³-hybridized carbons (Fsp3) is 0.389. The molecule has 0 N–H and O–H groups in total. The maximum atomic E-state index is 13.1. The van der Waals surface area contributed by atoms with Gasteiger partial charge in [0.05, 0.1) is 24.4 Å². The van der Waals surface area contributed by atoms with Crippen LogP contribution >= 0.6 is 0 Å². The molecule has 0 spiro atoms. The van der Waals surface area contributed by atoms with Crippen LogP contribution in [0.1, 0.15) is 29.8 Å². The Morgan fingerprint density at radius 1 is 1.16 bits per heavy atom. The van der Waals surface area contributed by atoms with E-state index in [1.807, 2.05) is 4.90 Å². The second-order valence-corrected chi connectivity index (χ2v) is 6.35. The van der Waals surface area contributed by atoms with Crippen LogP contribution in [-0.2, 0) is 4.74 Å². The molecule has 2 fully saturated rings. The van der Waals surface area contributed by atoms with Gasteiger partial charge in [-0.05, 0) is 49.6 Å². The molecule has 2 heterocycles. The van der Waals surface area contributed by atoms with Crippen LogP contribution in [0.5, 0.6) is 0 Å². The first-order valence-electron chi connectivity index (χ1n) is 8.42. The average Bonchev–Trinajstić information content (AvgIpc) is 3.11. The minimum atomic E-state index is -0.398. The Labute approximate surface area is 143 Å². The van der Waals surface area contributed by atoms with Crippen molar-refractivity contribution in [1.29, 1.82) is 0 Å². The van der Waals surface area contributed by atoms with Crippen LogP contribution in [0.25, 0.3) is 5.69 Å². The summed E-state index contributed by atoms with van der Waals surface area (Å²) in [6.07, 6.45) is 3.03. The number of amides is 1. The van der Waals surface area contributed by atoms with E-state index in [-0.39, 0.29) is 29.3 Å². The summed E-state index contributed by atoms with van der Waals surface area (Å²) in [5, 5.41) is 4.21. The summed E-state index contributed by atoms with van der Waals surface area (Å²) in [6, 6.07) is 8.26. The van der Waals surface area contributed by atoms with Gasteiger partial charge < -0.3 is 9.64 Å². The van der Waals surface area contributed by atoms with E-state index in [1.165, 1.54) is 36.4 Å². The Balaban J connectivity index is 1.66. The Bertz CT molecular complexity index is 849. The van der Waals surface area contributed by atoms with E-state index in [2.05, 4.69) is 5.10 Å². The quantitative estimate of drug-likeness (QED) is 0.834. The molecule has 6 nitrogen and oxygen atoms in total. The molecule has 1 saturated carbocycles. The molecule has 2 aliphatic rings. The Morgan fingerprint density at radius 2 is 1.96 bits per heavy atom. The first-order valence-corrected chi connectivity index (χ1v) is 8.42. The van der Waals surface area contributed by atoms with Gasteiger partial charge in [-0.25, -0.2) is 4.39 Å². The highest BCUT2D eigenvalue weighted by molar-refractivity contribution is 5.92. The van der Waals surface area contributed by atoms with E-state index < -0.39 is 5.82 Å². The molecule has 7 heteroatoms.